The molecule has 1 amide bonds. The second-order valence-corrected chi connectivity index (χ2v) is 8.17. The van der Waals surface area contributed by atoms with E-state index in [1.165, 1.54) is 24.4 Å². The normalized spacial score (nSPS) is 11.4. The van der Waals surface area contributed by atoms with Gasteiger partial charge in [0, 0.05) is 17.7 Å². The average Bonchev–Trinajstić information content (AvgIpc) is 2.58. The fourth-order valence-electron chi connectivity index (χ4n) is 2.56. The highest BCUT2D eigenvalue weighted by molar-refractivity contribution is 7.92. The first-order valence-electron chi connectivity index (χ1n) is 8.18. The lowest BCUT2D eigenvalue weighted by Gasteiger charge is -2.22. The second-order valence-electron chi connectivity index (χ2n) is 6.26. The molecule has 0 aliphatic carbocycles. The fourth-order valence-corrected chi connectivity index (χ4v) is 3.40. The van der Waals surface area contributed by atoms with Crippen molar-refractivity contribution in [3.8, 4) is 0 Å². The van der Waals surface area contributed by atoms with Crippen LogP contribution in [-0.2, 0) is 14.8 Å². The molecule has 0 radical (unpaired) electrons. The zero-order valence-corrected chi connectivity index (χ0v) is 16.4. The summed E-state index contributed by atoms with van der Waals surface area (Å²) in [6.07, 6.45) is 2.26. The number of hydrazone groups is 1. The van der Waals surface area contributed by atoms with Gasteiger partial charge in [-0.25, -0.2) is 13.8 Å². The molecule has 148 valence electrons. The third-order valence-corrected chi connectivity index (χ3v) is 4.81. The number of hydrogen-bond acceptors (Lipinski definition) is 6. The van der Waals surface area contributed by atoms with E-state index in [2.05, 4.69) is 10.5 Å². The molecular weight excluding hydrogens is 384 g/mol. The Morgan fingerprint density at radius 1 is 1.21 bits per heavy atom. The first-order chi connectivity index (χ1) is 13.1. The van der Waals surface area contributed by atoms with Gasteiger partial charge in [-0.1, -0.05) is 18.2 Å². The number of sulfonamides is 1. The van der Waals surface area contributed by atoms with Crippen molar-refractivity contribution in [2.75, 3.05) is 17.1 Å². The van der Waals surface area contributed by atoms with Crippen molar-refractivity contribution in [3.63, 3.8) is 0 Å². The number of aryl methyl sites for hydroxylation is 2. The van der Waals surface area contributed by atoms with Crippen molar-refractivity contribution in [3.05, 3.63) is 69.3 Å². The monoisotopic (exact) mass is 404 g/mol. The van der Waals surface area contributed by atoms with E-state index in [1.54, 1.807) is 18.2 Å². The van der Waals surface area contributed by atoms with E-state index in [9.17, 15) is 23.3 Å². The Labute approximate surface area is 162 Å². The molecule has 2 rings (SSSR count). The summed E-state index contributed by atoms with van der Waals surface area (Å²) in [7, 11) is -3.69. The molecule has 0 saturated carbocycles. The van der Waals surface area contributed by atoms with E-state index in [-0.39, 0.29) is 5.69 Å². The number of rotatable bonds is 7. The van der Waals surface area contributed by atoms with Gasteiger partial charge in [-0.15, -0.1) is 0 Å². The molecule has 0 bridgehead atoms. The van der Waals surface area contributed by atoms with Gasteiger partial charge in [-0.3, -0.25) is 19.2 Å². The van der Waals surface area contributed by atoms with Crippen molar-refractivity contribution in [2.24, 2.45) is 5.10 Å². The van der Waals surface area contributed by atoms with E-state index < -0.39 is 27.4 Å². The summed E-state index contributed by atoms with van der Waals surface area (Å²) in [5.41, 5.74) is 4.68. The van der Waals surface area contributed by atoms with Crippen LogP contribution in [0.4, 0.5) is 11.4 Å². The number of hydrogen-bond donors (Lipinski definition) is 1. The highest BCUT2D eigenvalue weighted by Crippen LogP contribution is 2.21. The zero-order valence-electron chi connectivity index (χ0n) is 15.6. The zero-order chi connectivity index (χ0) is 20.9. The maximum absolute atomic E-state index is 12.2. The van der Waals surface area contributed by atoms with Crippen molar-refractivity contribution >= 4 is 33.5 Å². The number of carbonyl (C=O) groups excluding carboxylic acids is 1. The number of non-ortho nitro benzene ring substituents is 1. The van der Waals surface area contributed by atoms with Crippen LogP contribution in [0.5, 0.6) is 0 Å². The van der Waals surface area contributed by atoms with E-state index in [0.29, 0.717) is 11.3 Å². The summed E-state index contributed by atoms with van der Waals surface area (Å²) in [6, 6.07) is 11.0. The standard InChI is InChI=1S/C18H20N4O5S/c1-13-7-14(2)9-17(8-13)21(28(3,26)27)12-18(23)20-19-11-15-5-4-6-16(10-15)22(24)25/h4-11H,12H2,1-3H3,(H,20,23)/b19-11-. The minimum Gasteiger partial charge on any atom is -0.271 e. The molecule has 0 aliphatic heterocycles. The molecule has 0 spiro atoms. The van der Waals surface area contributed by atoms with Crippen LogP contribution in [-0.4, -0.2) is 38.3 Å². The lowest BCUT2D eigenvalue weighted by atomic mass is 10.1. The van der Waals surface area contributed by atoms with Crippen LogP contribution < -0.4 is 9.73 Å². The van der Waals surface area contributed by atoms with Crippen molar-refractivity contribution in [1.82, 2.24) is 5.43 Å². The van der Waals surface area contributed by atoms with Gasteiger partial charge in [0.1, 0.15) is 6.54 Å². The van der Waals surface area contributed by atoms with E-state index in [4.69, 9.17) is 0 Å². The third kappa shape index (κ3) is 5.88. The molecule has 28 heavy (non-hydrogen) atoms. The first kappa shape index (κ1) is 21.0. The van der Waals surface area contributed by atoms with Crippen LogP contribution in [0.15, 0.2) is 47.6 Å². The molecule has 2 aromatic carbocycles. The van der Waals surface area contributed by atoms with Crippen LogP contribution in [0.1, 0.15) is 16.7 Å². The Bertz CT molecular complexity index is 1010. The van der Waals surface area contributed by atoms with Gasteiger partial charge in [0.25, 0.3) is 11.6 Å². The van der Waals surface area contributed by atoms with Crippen LogP contribution in [0, 0.1) is 24.0 Å². The molecule has 0 heterocycles. The van der Waals surface area contributed by atoms with Gasteiger partial charge in [0.2, 0.25) is 10.0 Å². The molecule has 9 nitrogen and oxygen atoms in total. The van der Waals surface area contributed by atoms with Crippen molar-refractivity contribution in [2.45, 2.75) is 13.8 Å². The quantitative estimate of drug-likeness (QED) is 0.430. The fraction of sp³-hybridized carbons (Fsp3) is 0.222. The number of anilines is 1. The summed E-state index contributed by atoms with van der Waals surface area (Å²) in [4.78, 5) is 22.4. The molecule has 0 fully saturated rings. The Balaban J connectivity index is 2.12. The number of nitrogens with zero attached hydrogens (tertiary/aromatic N) is 3. The Morgan fingerprint density at radius 2 is 1.86 bits per heavy atom. The maximum atomic E-state index is 12.2. The van der Waals surface area contributed by atoms with Gasteiger partial charge in [-0.2, -0.15) is 5.10 Å². The lowest BCUT2D eigenvalue weighted by molar-refractivity contribution is -0.384. The van der Waals surface area contributed by atoms with Crippen LogP contribution in [0.2, 0.25) is 0 Å². The third-order valence-electron chi connectivity index (χ3n) is 3.67. The largest absolute Gasteiger partial charge is 0.271 e. The topological polar surface area (TPSA) is 122 Å². The maximum Gasteiger partial charge on any atom is 0.270 e. The number of amides is 1. The number of carbonyl (C=O) groups is 1. The Hall–Kier alpha value is -3.27. The summed E-state index contributed by atoms with van der Waals surface area (Å²) >= 11 is 0. The average molecular weight is 404 g/mol. The van der Waals surface area contributed by atoms with E-state index in [0.717, 1.165) is 21.7 Å². The smallest absolute Gasteiger partial charge is 0.270 e. The van der Waals surface area contributed by atoms with Gasteiger partial charge in [0.05, 0.1) is 23.1 Å². The summed E-state index contributed by atoms with van der Waals surface area (Å²) in [5.74, 6) is -0.647. The molecule has 2 aromatic rings. The minimum absolute atomic E-state index is 0.103. The summed E-state index contributed by atoms with van der Waals surface area (Å²) < 4.78 is 25.3. The highest BCUT2D eigenvalue weighted by Gasteiger charge is 2.21. The van der Waals surface area contributed by atoms with Crippen LogP contribution >= 0.6 is 0 Å². The van der Waals surface area contributed by atoms with Gasteiger partial charge < -0.3 is 0 Å². The SMILES string of the molecule is Cc1cc(C)cc(N(CC(=O)N/N=C\c2cccc([N+](=O)[O-])c2)S(C)(=O)=O)c1. The van der Waals surface area contributed by atoms with Crippen LogP contribution in [0.3, 0.4) is 0 Å². The molecule has 0 aliphatic rings. The lowest BCUT2D eigenvalue weighted by Crippen LogP contribution is -2.39. The first-order valence-corrected chi connectivity index (χ1v) is 10.0. The van der Waals surface area contributed by atoms with Gasteiger partial charge in [0.15, 0.2) is 0 Å². The number of nitro benzene ring substituents is 1. The molecule has 0 aromatic heterocycles. The molecule has 0 unspecified atom stereocenters. The predicted molar refractivity (Wildman–Crippen MR) is 107 cm³/mol. The Morgan fingerprint density at radius 3 is 2.43 bits per heavy atom. The van der Waals surface area contributed by atoms with E-state index >= 15 is 0 Å². The van der Waals surface area contributed by atoms with Crippen molar-refractivity contribution in [1.29, 1.82) is 0 Å². The minimum atomic E-state index is -3.69. The number of nitro groups is 1. The molecule has 10 heteroatoms. The van der Waals surface area contributed by atoms with E-state index in [1.807, 2.05) is 19.9 Å². The van der Waals surface area contributed by atoms with Gasteiger partial charge in [-0.05, 0) is 37.1 Å². The van der Waals surface area contributed by atoms with Crippen LogP contribution in [0.25, 0.3) is 0 Å². The molecular formula is C18H20N4O5S. The molecule has 1 N–H and O–H groups in total. The van der Waals surface area contributed by atoms with Crippen molar-refractivity contribution < 1.29 is 18.1 Å². The summed E-state index contributed by atoms with van der Waals surface area (Å²) in [6.45, 7) is 3.22. The molecule has 0 atom stereocenters. The summed E-state index contributed by atoms with van der Waals surface area (Å²) in [5, 5.41) is 14.5. The Kier molecular flexibility index (Phi) is 6.47. The van der Waals surface area contributed by atoms with Gasteiger partial charge >= 0.3 is 0 Å². The molecule has 0 saturated heterocycles. The number of benzene rings is 2. The second kappa shape index (κ2) is 8.61. The highest BCUT2D eigenvalue weighted by atomic mass is 32.2. The predicted octanol–water partition coefficient (Wildman–Crippen LogP) is 2.13. The number of nitrogens with one attached hydrogen (secondary N) is 1.